The molecule has 2 N–H and O–H groups in total. The maximum atomic E-state index is 12.8. The Morgan fingerprint density at radius 2 is 2.03 bits per heavy atom. The second-order valence-corrected chi connectivity index (χ2v) is 7.97. The SMILES string of the molecule is CC(=O)OCC1=C(C(=O)O)N2C(=O)C(NC(=O)Cc3cccc(C(F)(F)F)c3)C2SC1. The Hall–Kier alpha value is -3.02. The topological polar surface area (TPSA) is 113 Å². The van der Waals surface area contributed by atoms with Gasteiger partial charge in [0.25, 0.3) is 5.91 Å². The number of aliphatic carboxylic acids is 1. The van der Waals surface area contributed by atoms with Gasteiger partial charge in [0.15, 0.2) is 0 Å². The molecule has 31 heavy (non-hydrogen) atoms. The Morgan fingerprint density at radius 3 is 2.65 bits per heavy atom. The van der Waals surface area contributed by atoms with E-state index in [0.717, 1.165) is 17.0 Å². The number of carboxylic acids is 1. The molecule has 1 aromatic rings. The first-order chi connectivity index (χ1) is 14.5. The lowest BCUT2D eigenvalue weighted by atomic mass is 10.0. The van der Waals surface area contributed by atoms with Crippen molar-refractivity contribution in [1.29, 1.82) is 0 Å². The van der Waals surface area contributed by atoms with Gasteiger partial charge in [0, 0.05) is 18.2 Å². The second kappa shape index (κ2) is 8.61. The number of carboxylic acid groups (broad SMARTS) is 1. The summed E-state index contributed by atoms with van der Waals surface area (Å²) < 4.78 is 43.3. The molecule has 2 aliphatic rings. The van der Waals surface area contributed by atoms with E-state index < -0.39 is 46.9 Å². The molecule has 1 aromatic carbocycles. The Labute approximate surface area is 178 Å². The number of alkyl halides is 3. The molecule has 0 saturated carbocycles. The number of carbonyl (C=O) groups excluding carboxylic acids is 3. The highest BCUT2D eigenvalue weighted by Gasteiger charge is 2.54. The Balaban J connectivity index is 1.68. The van der Waals surface area contributed by atoms with Crippen LogP contribution in [0.5, 0.6) is 0 Å². The van der Waals surface area contributed by atoms with Crippen molar-refractivity contribution < 1.29 is 42.2 Å². The average Bonchev–Trinajstić information content (AvgIpc) is 2.69. The monoisotopic (exact) mass is 458 g/mol. The predicted molar refractivity (Wildman–Crippen MR) is 101 cm³/mol. The number of halogens is 3. The third-order valence-electron chi connectivity index (χ3n) is 4.63. The zero-order valence-electron chi connectivity index (χ0n) is 16.1. The van der Waals surface area contributed by atoms with E-state index in [1.54, 1.807) is 0 Å². The van der Waals surface area contributed by atoms with Gasteiger partial charge in [0.2, 0.25) is 5.91 Å². The van der Waals surface area contributed by atoms with Gasteiger partial charge in [-0.3, -0.25) is 19.3 Å². The van der Waals surface area contributed by atoms with Crippen LogP contribution in [0.2, 0.25) is 0 Å². The third-order valence-corrected chi connectivity index (χ3v) is 5.97. The molecular weight excluding hydrogens is 441 g/mol. The standard InChI is InChI=1S/C19H17F3N2O6S/c1-9(25)30-7-11-8-31-17-14(16(27)24(17)15(11)18(28)29)23-13(26)6-10-3-2-4-12(5-10)19(20,21)22/h2-5,14,17H,6-8H2,1H3,(H,23,26)(H,28,29). The molecule has 166 valence electrons. The minimum atomic E-state index is -4.54. The van der Waals surface area contributed by atoms with Crippen LogP contribution in [0.4, 0.5) is 13.2 Å². The molecular formula is C19H17F3N2O6S. The lowest BCUT2D eigenvalue weighted by Crippen LogP contribution is -2.70. The Morgan fingerprint density at radius 1 is 1.32 bits per heavy atom. The first-order valence-electron chi connectivity index (χ1n) is 8.98. The van der Waals surface area contributed by atoms with Crippen LogP contribution in [0.3, 0.4) is 0 Å². The molecule has 2 aliphatic heterocycles. The molecule has 0 aliphatic carbocycles. The van der Waals surface area contributed by atoms with E-state index in [0.29, 0.717) is 0 Å². The van der Waals surface area contributed by atoms with Crippen LogP contribution in [-0.2, 0) is 36.5 Å². The molecule has 0 aromatic heterocycles. The number of benzene rings is 1. The summed E-state index contributed by atoms with van der Waals surface area (Å²) in [6.07, 6.45) is -4.91. The van der Waals surface area contributed by atoms with Crippen LogP contribution in [0.1, 0.15) is 18.1 Å². The maximum absolute atomic E-state index is 12.8. The first kappa shape index (κ1) is 22.7. The summed E-state index contributed by atoms with van der Waals surface area (Å²) in [7, 11) is 0. The molecule has 1 saturated heterocycles. The van der Waals surface area contributed by atoms with E-state index in [1.807, 2.05) is 0 Å². The summed E-state index contributed by atoms with van der Waals surface area (Å²) in [5, 5.41) is 11.3. The van der Waals surface area contributed by atoms with Gasteiger partial charge in [-0.2, -0.15) is 13.2 Å². The van der Waals surface area contributed by atoms with Crippen molar-refractivity contribution >= 4 is 35.5 Å². The van der Waals surface area contributed by atoms with Crippen molar-refractivity contribution in [2.45, 2.75) is 30.9 Å². The minimum absolute atomic E-state index is 0.127. The van der Waals surface area contributed by atoms with Crippen molar-refractivity contribution in [3.05, 3.63) is 46.7 Å². The number of β-lactam (4-membered cyclic amide) rings is 1. The first-order valence-corrected chi connectivity index (χ1v) is 10.0. The maximum Gasteiger partial charge on any atom is 0.416 e. The summed E-state index contributed by atoms with van der Waals surface area (Å²) in [6, 6.07) is 3.29. The van der Waals surface area contributed by atoms with E-state index in [-0.39, 0.29) is 35.6 Å². The summed E-state index contributed by atoms with van der Waals surface area (Å²) in [4.78, 5) is 48.5. The van der Waals surface area contributed by atoms with Gasteiger partial charge in [0.05, 0.1) is 12.0 Å². The van der Waals surface area contributed by atoms with Crippen LogP contribution in [0.25, 0.3) is 0 Å². The van der Waals surface area contributed by atoms with Gasteiger partial charge in [0.1, 0.15) is 23.7 Å². The van der Waals surface area contributed by atoms with Crippen molar-refractivity contribution in [2.24, 2.45) is 0 Å². The van der Waals surface area contributed by atoms with Gasteiger partial charge in [-0.15, -0.1) is 11.8 Å². The Bertz CT molecular complexity index is 978. The number of hydrogen-bond acceptors (Lipinski definition) is 6. The average molecular weight is 458 g/mol. The molecule has 8 nitrogen and oxygen atoms in total. The lowest BCUT2D eigenvalue weighted by Gasteiger charge is -2.49. The highest BCUT2D eigenvalue weighted by molar-refractivity contribution is 8.00. The van der Waals surface area contributed by atoms with Crippen LogP contribution < -0.4 is 5.32 Å². The van der Waals surface area contributed by atoms with Gasteiger partial charge in [-0.25, -0.2) is 4.79 Å². The number of thioether (sulfide) groups is 1. The lowest BCUT2D eigenvalue weighted by molar-refractivity contribution is -0.151. The fourth-order valence-electron chi connectivity index (χ4n) is 3.25. The summed E-state index contributed by atoms with van der Waals surface area (Å²) in [5.41, 5.74) is -0.797. The number of ether oxygens (including phenoxy) is 1. The van der Waals surface area contributed by atoms with Gasteiger partial charge in [-0.05, 0) is 11.6 Å². The fourth-order valence-corrected chi connectivity index (χ4v) is 4.58. The molecule has 2 heterocycles. The molecule has 12 heteroatoms. The molecule has 1 fully saturated rings. The van der Waals surface area contributed by atoms with Crippen LogP contribution in [-0.4, -0.2) is 57.5 Å². The van der Waals surface area contributed by atoms with E-state index in [2.05, 4.69) is 5.32 Å². The van der Waals surface area contributed by atoms with Crippen molar-refractivity contribution in [3.8, 4) is 0 Å². The molecule has 2 unspecified atom stereocenters. The smallest absolute Gasteiger partial charge is 0.416 e. The molecule has 3 rings (SSSR count). The number of esters is 1. The number of nitrogens with one attached hydrogen (secondary N) is 1. The molecule has 0 radical (unpaired) electrons. The molecule has 2 amide bonds. The van der Waals surface area contributed by atoms with Gasteiger partial charge in [-0.1, -0.05) is 18.2 Å². The van der Waals surface area contributed by atoms with E-state index in [9.17, 15) is 37.5 Å². The number of fused-ring (bicyclic) bond motifs is 1. The zero-order valence-corrected chi connectivity index (χ0v) is 16.9. The van der Waals surface area contributed by atoms with E-state index >= 15 is 0 Å². The molecule has 2 atom stereocenters. The Kier molecular flexibility index (Phi) is 6.30. The minimum Gasteiger partial charge on any atom is -0.477 e. The molecule has 0 spiro atoms. The van der Waals surface area contributed by atoms with Crippen molar-refractivity contribution in [3.63, 3.8) is 0 Å². The second-order valence-electron chi connectivity index (χ2n) is 6.87. The molecule has 0 bridgehead atoms. The summed E-state index contributed by atoms with van der Waals surface area (Å²) in [5.74, 6) is -3.12. The number of rotatable bonds is 6. The highest BCUT2D eigenvalue weighted by atomic mass is 32.2. The quantitative estimate of drug-likeness (QED) is 0.491. The highest BCUT2D eigenvalue weighted by Crippen LogP contribution is 2.40. The van der Waals surface area contributed by atoms with Crippen molar-refractivity contribution in [1.82, 2.24) is 10.2 Å². The van der Waals surface area contributed by atoms with Crippen LogP contribution in [0.15, 0.2) is 35.5 Å². The van der Waals surface area contributed by atoms with E-state index in [1.165, 1.54) is 30.8 Å². The van der Waals surface area contributed by atoms with Gasteiger partial charge >= 0.3 is 18.1 Å². The summed E-state index contributed by atoms with van der Waals surface area (Å²) >= 11 is 1.19. The third kappa shape index (κ3) is 4.84. The number of hydrogen-bond donors (Lipinski definition) is 2. The van der Waals surface area contributed by atoms with Gasteiger partial charge < -0.3 is 15.2 Å². The number of amides is 2. The van der Waals surface area contributed by atoms with Crippen LogP contribution >= 0.6 is 11.8 Å². The normalized spacial score (nSPS) is 20.6. The van der Waals surface area contributed by atoms with Crippen LogP contribution in [0, 0.1) is 0 Å². The number of carbonyl (C=O) groups is 4. The van der Waals surface area contributed by atoms with E-state index in [4.69, 9.17) is 4.74 Å². The zero-order chi connectivity index (χ0) is 22.9. The predicted octanol–water partition coefficient (Wildman–Crippen LogP) is 1.55. The van der Waals surface area contributed by atoms with Crippen molar-refractivity contribution in [2.75, 3.05) is 12.4 Å². The summed E-state index contributed by atoms with van der Waals surface area (Å²) in [6.45, 7) is 0.900. The largest absolute Gasteiger partial charge is 0.477 e. The number of nitrogens with zero attached hydrogens (tertiary/aromatic N) is 1. The fraction of sp³-hybridized carbons (Fsp3) is 0.368.